The Hall–Kier alpha value is -2.44. The predicted molar refractivity (Wildman–Crippen MR) is 103 cm³/mol. The van der Waals surface area contributed by atoms with Gasteiger partial charge >= 0.3 is 5.97 Å². The first-order valence-corrected chi connectivity index (χ1v) is 9.70. The van der Waals surface area contributed by atoms with Gasteiger partial charge in [0.05, 0.1) is 17.0 Å². The highest BCUT2D eigenvalue weighted by Gasteiger charge is 2.25. The van der Waals surface area contributed by atoms with E-state index < -0.39 is 5.97 Å². The standard InChI is InChI=1S/C20H28N4O3/c1-5-24(15-9-7-6-8-10-15)18(25)12-27-20(26)17-11-16-14(3)22-23(4)19(16)21-13(17)2/h11,15H,5-10,12H2,1-4H3. The van der Waals surface area contributed by atoms with Crippen molar-refractivity contribution in [1.82, 2.24) is 19.7 Å². The normalized spacial score (nSPS) is 15.1. The average Bonchev–Trinajstić information content (AvgIpc) is 2.93. The van der Waals surface area contributed by atoms with Crippen LogP contribution in [0.5, 0.6) is 0 Å². The number of fused-ring (bicyclic) bond motifs is 1. The van der Waals surface area contributed by atoms with E-state index in [4.69, 9.17) is 4.74 Å². The Kier molecular flexibility index (Phi) is 5.77. The van der Waals surface area contributed by atoms with E-state index in [2.05, 4.69) is 10.1 Å². The number of pyridine rings is 1. The fraction of sp³-hybridized carbons (Fsp3) is 0.600. The van der Waals surface area contributed by atoms with Crippen molar-refractivity contribution in [1.29, 1.82) is 0 Å². The Balaban J connectivity index is 1.69. The molecule has 146 valence electrons. The summed E-state index contributed by atoms with van der Waals surface area (Å²) in [4.78, 5) is 31.5. The maximum atomic E-state index is 12.6. The number of aryl methyl sites for hydroxylation is 3. The van der Waals surface area contributed by atoms with E-state index in [0.717, 1.165) is 42.4 Å². The zero-order chi connectivity index (χ0) is 19.6. The van der Waals surface area contributed by atoms with Gasteiger partial charge < -0.3 is 9.64 Å². The molecule has 2 aromatic rings. The SMILES string of the molecule is CCN(C(=O)COC(=O)c1cc2c(C)nn(C)c2nc1C)C1CCCCC1. The summed E-state index contributed by atoms with van der Waals surface area (Å²) in [5, 5.41) is 5.15. The van der Waals surface area contributed by atoms with Crippen molar-refractivity contribution in [3.8, 4) is 0 Å². The lowest BCUT2D eigenvalue weighted by Gasteiger charge is -2.33. The van der Waals surface area contributed by atoms with Crippen LogP contribution in [0.1, 0.15) is 60.8 Å². The largest absolute Gasteiger partial charge is 0.452 e. The summed E-state index contributed by atoms with van der Waals surface area (Å²) >= 11 is 0. The molecular formula is C20H28N4O3. The summed E-state index contributed by atoms with van der Waals surface area (Å²) in [5.41, 5.74) is 2.49. The highest BCUT2D eigenvalue weighted by molar-refractivity contribution is 5.96. The number of aromatic nitrogens is 3. The quantitative estimate of drug-likeness (QED) is 0.754. The number of amides is 1. The Bertz CT molecular complexity index is 853. The van der Waals surface area contributed by atoms with Gasteiger partial charge in [-0.2, -0.15) is 5.10 Å². The minimum Gasteiger partial charge on any atom is -0.452 e. The molecule has 27 heavy (non-hydrogen) atoms. The van der Waals surface area contributed by atoms with Crippen molar-refractivity contribution in [2.75, 3.05) is 13.2 Å². The van der Waals surface area contributed by atoms with Crippen LogP contribution in [0.3, 0.4) is 0 Å². The molecule has 0 unspecified atom stereocenters. The van der Waals surface area contributed by atoms with Crippen LogP contribution in [-0.2, 0) is 16.6 Å². The number of ether oxygens (including phenoxy) is 1. The highest BCUT2D eigenvalue weighted by Crippen LogP contribution is 2.23. The third-order valence-electron chi connectivity index (χ3n) is 5.41. The summed E-state index contributed by atoms with van der Waals surface area (Å²) in [6.45, 7) is 6.03. The highest BCUT2D eigenvalue weighted by atomic mass is 16.5. The maximum absolute atomic E-state index is 12.6. The molecule has 1 aliphatic carbocycles. The first-order chi connectivity index (χ1) is 12.9. The Morgan fingerprint density at radius 1 is 1.22 bits per heavy atom. The van der Waals surface area contributed by atoms with Crippen LogP contribution in [0, 0.1) is 13.8 Å². The molecule has 1 saturated carbocycles. The molecule has 0 saturated heterocycles. The predicted octanol–water partition coefficient (Wildman–Crippen LogP) is 2.92. The van der Waals surface area contributed by atoms with E-state index in [9.17, 15) is 9.59 Å². The Morgan fingerprint density at radius 2 is 1.93 bits per heavy atom. The fourth-order valence-electron chi connectivity index (χ4n) is 3.96. The number of esters is 1. The molecule has 1 aliphatic rings. The van der Waals surface area contributed by atoms with Gasteiger partial charge in [-0.05, 0) is 39.7 Å². The molecule has 2 heterocycles. The van der Waals surface area contributed by atoms with Crippen molar-refractivity contribution in [2.45, 2.75) is 58.9 Å². The first kappa shape index (κ1) is 19.3. The Labute approximate surface area is 159 Å². The van der Waals surface area contributed by atoms with E-state index >= 15 is 0 Å². The van der Waals surface area contributed by atoms with E-state index in [1.165, 1.54) is 6.42 Å². The van der Waals surface area contributed by atoms with Crippen LogP contribution in [-0.4, -0.2) is 50.7 Å². The number of carbonyl (C=O) groups is 2. The molecule has 0 radical (unpaired) electrons. The van der Waals surface area contributed by atoms with Crippen LogP contribution >= 0.6 is 0 Å². The number of carbonyl (C=O) groups excluding carboxylic acids is 2. The van der Waals surface area contributed by atoms with Gasteiger partial charge in [0.1, 0.15) is 0 Å². The zero-order valence-electron chi connectivity index (χ0n) is 16.6. The van der Waals surface area contributed by atoms with Crippen LogP contribution in [0.25, 0.3) is 11.0 Å². The van der Waals surface area contributed by atoms with Crippen LogP contribution in [0.4, 0.5) is 0 Å². The van der Waals surface area contributed by atoms with E-state index in [1.54, 1.807) is 17.7 Å². The second-order valence-electron chi connectivity index (χ2n) is 7.25. The molecule has 0 spiro atoms. The van der Waals surface area contributed by atoms with E-state index in [1.807, 2.05) is 25.8 Å². The van der Waals surface area contributed by atoms with Crippen molar-refractivity contribution in [2.24, 2.45) is 7.05 Å². The molecule has 0 bridgehead atoms. The summed E-state index contributed by atoms with van der Waals surface area (Å²) in [7, 11) is 1.82. The lowest BCUT2D eigenvalue weighted by Crippen LogP contribution is -2.43. The maximum Gasteiger partial charge on any atom is 0.340 e. The number of nitrogens with zero attached hydrogens (tertiary/aromatic N) is 4. The molecule has 3 rings (SSSR count). The van der Waals surface area contributed by atoms with Crippen LogP contribution in [0.15, 0.2) is 6.07 Å². The van der Waals surface area contributed by atoms with Crippen molar-refractivity contribution in [3.63, 3.8) is 0 Å². The average molecular weight is 372 g/mol. The van der Waals surface area contributed by atoms with Gasteiger partial charge in [-0.25, -0.2) is 9.78 Å². The van der Waals surface area contributed by atoms with Gasteiger partial charge in [-0.3, -0.25) is 9.48 Å². The van der Waals surface area contributed by atoms with E-state index in [0.29, 0.717) is 17.8 Å². The molecule has 0 atom stereocenters. The van der Waals surface area contributed by atoms with Crippen molar-refractivity contribution in [3.05, 3.63) is 23.0 Å². The third kappa shape index (κ3) is 3.96. The summed E-state index contributed by atoms with van der Waals surface area (Å²) < 4.78 is 7.04. The zero-order valence-corrected chi connectivity index (χ0v) is 16.6. The minimum absolute atomic E-state index is 0.123. The van der Waals surface area contributed by atoms with Gasteiger partial charge in [0.15, 0.2) is 12.3 Å². The molecule has 0 N–H and O–H groups in total. The fourth-order valence-corrected chi connectivity index (χ4v) is 3.96. The number of hydrogen-bond donors (Lipinski definition) is 0. The van der Waals surface area contributed by atoms with Crippen LogP contribution in [0.2, 0.25) is 0 Å². The molecule has 1 fully saturated rings. The summed E-state index contributed by atoms with van der Waals surface area (Å²) in [6.07, 6.45) is 5.62. The topological polar surface area (TPSA) is 77.3 Å². The van der Waals surface area contributed by atoms with Gasteiger partial charge in [0.2, 0.25) is 0 Å². The molecule has 1 amide bonds. The third-order valence-corrected chi connectivity index (χ3v) is 5.41. The van der Waals surface area contributed by atoms with Crippen molar-refractivity contribution >= 4 is 22.9 Å². The monoisotopic (exact) mass is 372 g/mol. The molecular weight excluding hydrogens is 344 g/mol. The summed E-state index contributed by atoms with van der Waals surface area (Å²) in [5.74, 6) is -0.639. The van der Waals surface area contributed by atoms with Gasteiger partial charge in [-0.15, -0.1) is 0 Å². The minimum atomic E-state index is -0.516. The number of hydrogen-bond acceptors (Lipinski definition) is 5. The molecule has 2 aromatic heterocycles. The molecule has 7 heteroatoms. The molecule has 0 aromatic carbocycles. The van der Waals surface area contributed by atoms with Gasteiger partial charge in [0, 0.05) is 25.0 Å². The van der Waals surface area contributed by atoms with Crippen molar-refractivity contribution < 1.29 is 14.3 Å². The first-order valence-electron chi connectivity index (χ1n) is 9.70. The lowest BCUT2D eigenvalue weighted by atomic mass is 9.94. The van der Waals surface area contributed by atoms with Gasteiger partial charge in [0.25, 0.3) is 5.91 Å². The molecule has 0 aliphatic heterocycles. The Morgan fingerprint density at radius 3 is 2.59 bits per heavy atom. The smallest absolute Gasteiger partial charge is 0.340 e. The number of likely N-dealkylation sites (N-methyl/N-ethyl adjacent to an activating group) is 1. The molecule has 7 nitrogen and oxygen atoms in total. The second kappa shape index (κ2) is 8.06. The number of rotatable bonds is 5. The van der Waals surface area contributed by atoms with Gasteiger partial charge in [-0.1, -0.05) is 19.3 Å². The summed E-state index contributed by atoms with van der Waals surface area (Å²) in [6, 6.07) is 2.03. The van der Waals surface area contributed by atoms with E-state index in [-0.39, 0.29) is 18.6 Å². The lowest BCUT2D eigenvalue weighted by molar-refractivity contribution is -0.137. The second-order valence-corrected chi connectivity index (χ2v) is 7.25. The van der Waals surface area contributed by atoms with Crippen LogP contribution < -0.4 is 0 Å².